The van der Waals surface area contributed by atoms with E-state index in [1.54, 1.807) is 0 Å². The van der Waals surface area contributed by atoms with Gasteiger partial charge in [0.1, 0.15) is 5.52 Å². The van der Waals surface area contributed by atoms with Crippen molar-refractivity contribution in [1.82, 2.24) is 14.5 Å². The lowest BCUT2D eigenvalue weighted by Gasteiger charge is -2.27. The van der Waals surface area contributed by atoms with Gasteiger partial charge >= 0.3 is 0 Å². The molecule has 2 aromatic heterocycles. The Morgan fingerprint density at radius 1 is 1.14 bits per heavy atom. The maximum absolute atomic E-state index is 10.1. The van der Waals surface area contributed by atoms with E-state index in [0.29, 0.717) is 17.6 Å². The highest BCUT2D eigenvalue weighted by molar-refractivity contribution is 6.31. The molecule has 1 aliphatic rings. The van der Waals surface area contributed by atoms with Gasteiger partial charge in [-0.15, -0.1) is 0 Å². The van der Waals surface area contributed by atoms with E-state index >= 15 is 0 Å². The molecule has 144 valence electrons. The molecule has 2 heterocycles. The zero-order valence-corrected chi connectivity index (χ0v) is 16.1. The van der Waals surface area contributed by atoms with Gasteiger partial charge in [-0.25, -0.2) is 4.98 Å². The highest BCUT2D eigenvalue weighted by Gasteiger charge is 2.24. The van der Waals surface area contributed by atoms with Crippen LogP contribution in [0.15, 0.2) is 47.1 Å². The number of oxazole rings is 1. The summed E-state index contributed by atoms with van der Waals surface area (Å²) in [6, 6.07) is 12.2. The van der Waals surface area contributed by atoms with Gasteiger partial charge < -0.3 is 19.4 Å². The molecule has 7 heteroatoms. The number of hydrogen-bond acceptors (Lipinski definition) is 5. The molecule has 5 rings (SSSR count). The number of imidazole rings is 1. The SMILES string of the molecule is O[C@@H]1CCCC[C@H]1Nc1nc2ccc(Cn3cnc4ccc(Cl)cc43)cc2o1. The van der Waals surface area contributed by atoms with E-state index in [4.69, 9.17) is 16.0 Å². The Bertz CT molecular complexity index is 1140. The van der Waals surface area contributed by atoms with Crippen molar-refractivity contribution >= 4 is 39.7 Å². The molecule has 2 atom stereocenters. The van der Waals surface area contributed by atoms with Crippen LogP contribution in [0.5, 0.6) is 0 Å². The van der Waals surface area contributed by atoms with Crippen LogP contribution in [0.4, 0.5) is 6.01 Å². The number of halogens is 1. The minimum absolute atomic E-state index is 0.00310. The standard InChI is InChI=1S/C21H21ClN4O2/c22-14-6-8-15-18(10-14)26(12-23-15)11-13-5-7-17-20(9-13)28-21(25-17)24-16-3-1-2-4-19(16)27/h5-10,12,16,19,27H,1-4,11H2,(H,24,25)/t16-,19-/m1/s1. The summed E-state index contributed by atoms with van der Waals surface area (Å²) in [6.45, 7) is 0.664. The van der Waals surface area contributed by atoms with Gasteiger partial charge in [0.25, 0.3) is 6.01 Å². The van der Waals surface area contributed by atoms with Crippen molar-refractivity contribution in [2.24, 2.45) is 0 Å². The predicted molar refractivity (Wildman–Crippen MR) is 110 cm³/mol. The van der Waals surface area contributed by atoms with Crippen LogP contribution in [0.3, 0.4) is 0 Å². The van der Waals surface area contributed by atoms with Gasteiger partial charge in [-0.1, -0.05) is 30.5 Å². The van der Waals surface area contributed by atoms with Gasteiger partial charge in [-0.05, 0) is 48.7 Å². The first-order valence-electron chi connectivity index (χ1n) is 9.60. The number of hydrogen-bond donors (Lipinski definition) is 2. The maximum atomic E-state index is 10.1. The highest BCUT2D eigenvalue weighted by Crippen LogP contribution is 2.26. The summed E-state index contributed by atoms with van der Waals surface area (Å²) in [5.41, 5.74) is 4.54. The van der Waals surface area contributed by atoms with Gasteiger partial charge in [-0.3, -0.25) is 0 Å². The lowest BCUT2D eigenvalue weighted by Crippen LogP contribution is -2.36. The first-order valence-corrected chi connectivity index (χ1v) is 9.98. The molecular weight excluding hydrogens is 376 g/mol. The summed E-state index contributed by atoms with van der Waals surface area (Å²) in [6.07, 6.45) is 5.42. The molecule has 0 unspecified atom stereocenters. The Morgan fingerprint density at radius 3 is 2.89 bits per heavy atom. The second-order valence-corrected chi connectivity index (χ2v) is 7.87. The normalized spacial score (nSPS) is 20.1. The number of nitrogens with one attached hydrogen (secondary N) is 1. The average Bonchev–Trinajstić information content (AvgIpc) is 3.27. The third kappa shape index (κ3) is 3.34. The van der Waals surface area contributed by atoms with Crippen LogP contribution in [-0.2, 0) is 6.54 Å². The highest BCUT2D eigenvalue weighted by atomic mass is 35.5. The second kappa shape index (κ2) is 7.11. The smallest absolute Gasteiger partial charge is 0.295 e. The van der Waals surface area contributed by atoms with Crippen molar-refractivity contribution in [3.63, 3.8) is 0 Å². The van der Waals surface area contributed by atoms with Gasteiger partial charge in [0, 0.05) is 11.6 Å². The number of fused-ring (bicyclic) bond motifs is 2. The fourth-order valence-electron chi connectivity index (χ4n) is 3.92. The molecule has 1 saturated carbocycles. The van der Waals surface area contributed by atoms with E-state index in [-0.39, 0.29) is 12.1 Å². The first kappa shape index (κ1) is 17.5. The summed E-state index contributed by atoms with van der Waals surface area (Å²) < 4.78 is 7.97. The zero-order chi connectivity index (χ0) is 19.1. The molecule has 0 bridgehead atoms. The molecule has 2 N–H and O–H groups in total. The van der Waals surface area contributed by atoms with E-state index in [1.165, 1.54) is 0 Å². The van der Waals surface area contributed by atoms with E-state index in [9.17, 15) is 5.11 Å². The zero-order valence-electron chi connectivity index (χ0n) is 15.3. The number of anilines is 1. The van der Waals surface area contributed by atoms with Crippen LogP contribution < -0.4 is 5.32 Å². The summed E-state index contributed by atoms with van der Waals surface area (Å²) in [7, 11) is 0. The van der Waals surface area contributed by atoms with Gasteiger partial charge in [-0.2, -0.15) is 4.98 Å². The molecule has 4 aromatic rings. The summed E-state index contributed by atoms with van der Waals surface area (Å²) >= 11 is 6.13. The molecule has 6 nitrogen and oxygen atoms in total. The third-order valence-corrected chi connectivity index (χ3v) is 5.66. The van der Waals surface area contributed by atoms with Crippen molar-refractivity contribution < 1.29 is 9.52 Å². The monoisotopic (exact) mass is 396 g/mol. The maximum Gasteiger partial charge on any atom is 0.295 e. The molecule has 0 radical (unpaired) electrons. The minimum Gasteiger partial charge on any atom is -0.424 e. The molecule has 1 aliphatic carbocycles. The Labute approximate surface area is 167 Å². The number of benzene rings is 2. The number of rotatable bonds is 4. The van der Waals surface area contributed by atoms with E-state index < -0.39 is 0 Å². The van der Waals surface area contributed by atoms with Crippen LogP contribution in [0.25, 0.3) is 22.1 Å². The molecular formula is C21H21ClN4O2. The fraction of sp³-hybridized carbons (Fsp3) is 0.333. The van der Waals surface area contributed by atoms with Crippen molar-refractivity contribution in [1.29, 1.82) is 0 Å². The quantitative estimate of drug-likeness (QED) is 0.527. The average molecular weight is 397 g/mol. The predicted octanol–water partition coefficient (Wildman–Crippen LogP) is 4.59. The van der Waals surface area contributed by atoms with Crippen LogP contribution in [0.1, 0.15) is 31.2 Å². The third-order valence-electron chi connectivity index (χ3n) is 5.43. The van der Waals surface area contributed by atoms with E-state index in [0.717, 1.165) is 53.4 Å². The van der Waals surface area contributed by atoms with Crippen LogP contribution in [0.2, 0.25) is 5.02 Å². The summed E-state index contributed by atoms with van der Waals surface area (Å²) in [4.78, 5) is 8.94. The van der Waals surface area contributed by atoms with Gasteiger partial charge in [0.15, 0.2) is 5.58 Å². The van der Waals surface area contributed by atoms with Crippen LogP contribution >= 0.6 is 11.6 Å². The van der Waals surface area contributed by atoms with Crippen LogP contribution in [-0.4, -0.2) is 31.8 Å². The molecule has 0 saturated heterocycles. The molecule has 1 fully saturated rings. The summed E-state index contributed by atoms with van der Waals surface area (Å²) in [5, 5.41) is 14.1. The Hall–Kier alpha value is -2.57. The lowest BCUT2D eigenvalue weighted by molar-refractivity contribution is 0.115. The number of aliphatic hydroxyl groups is 1. The Kier molecular flexibility index (Phi) is 4.45. The number of nitrogens with zero attached hydrogens (tertiary/aromatic N) is 3. The summed E-state index contributed by atoms with van der Waals surface area (Å²) in [5.74, 6) is 0. The largest absolute Gasteiger partial charge is 0.424 e. The Balaban J connectivity index is 1.39. The molecule has 0 amide bonds. The molecule has 0 spiro atoms. The van der Waals surface area contributed by atoms with E-state index in [2.05, 4.69) is 19.9 Å². The fourth-order valence-corrected chi connectivity index (χ4v) is 4.09. The van der Waals surface area contributed by atoms with Crippen molar-refractivity contribution in [2.75, 3.05) is 5.32 Å². The number of aliphatic hydroxyl groups excluding tert-OH is 1. The van der Waals surface area contributed by atoms with Crippen LogP contribution in [0, 0.1) is 0 Å². The minimum atomic E-state index is -0.347. The second-order valence-electron chi connectivity index (χ2n) is 7.43. The van der Waals surface area contributed by atoms with Crippen molar-refractivity contribution in [3.05, 3.63) is 53.3 Å². The first-order chi connectivity index (χ1) is 13.7. The van der Waals surface area contributed by atoms with Crippen molar-refractivity contribution in [2.45, 2.75) is 44.4 Å². The van der Waals surface area contributed by atoms with Gasteiger partial charge in [0.05, 0.1) is 29.5 Å². The lowest BCUT2D eigenvalue weighted by atomic mass is 9.93. The van der Waals surface area contributed by atoms with Crippen molar-refractivity contribution in [3.8, 4) is 0 Å². The Morgan fingerprint density at radius 2 is 2.00 bits per heavy atom. The van der Waals surface area contributed by atoms with Gasteiger partial charge in [0.2, 0.25) is 0 Å². The van der Waals surface area contributed by atoms with E-state index in [1.807, 2.05) is 42.7 Å². The number of aromatic nitrogens is 3. The molecule has 2 aromatic carbocycles. The molecule has 0 aliphatic heterocycles. The topological polar surface area (TPSA) is 76.1 Å². The molecule has 28 heavy (non-hydrogen) atoms.